The van der Waals surface area contributed by atoms with E-state index in [2.05, 4.69) is 25.9 Å². The number of halogens is 1. The standard InChI is InChI=1S/C9H10ClN5O/c10-7-2-1-3-8(16)6(7)4-11-5-9-12-14-15-13-9/h1-3,11,16H,4-5H2,(H,12,13,14,15). The Hall–Kier alpha value is -1.66. The van der Waals surface area contributed by atoms with Crippen molar-refractivity contribution in [1.29, 1.82) is 0 Å². The summed E-state index contributed by atoms with van der Waals surface area (Å²) < 4.78 is 0. The van der Waals surface area contributed by atoms with Crippen LogP contribution in [0.15, 0.2) is 18.2 Å². The van der Waals surface area contributed by atoms with Gasteiger partial charge < -0.3 is 10.4 Å². The second kappa shape index (κ2) is 4.91. The monoisotopic (exact) mass is 239 g/mol. The Morgan fingerprint density at radius 3 is 2.94 bits per heavy atom. The van der Waals surface area contributed by atoms with Gasteiger partial charge in [-0.1, -0.05) is 22.9 Å². The van der Waals surface area contributed by atoms with Crippen LogP contribution < -0.4 is 5.32 Å². The van der Waals surface area contributed by atoms with Crippen molar-refractivity contribution >= 4 is 11.6 Å². The van der Waals surface area contributed by atoms with Gasteiger partial charge in [-0.3, -0.25) is 0 Å². The zero-order valence-electron chi connectivity index (χ0n) is 8.31. The molecule has 0 radical (unpaired) electrons. The van der Waals surface area contributed by atoms with Crippen LogP contribution in [0, 0.1) is 0 Å². The van der Waals surface area contributed by atoms with E-state index < -0.39 is 0 Å². The molecule has 0 aliphatic heterocycles. The van der Waals surface area contributed by atoms with Crippen LogP contribution in [0.2, 0.25) is 5.02 Å². The van der Waals surface area contributed by atoms with Crippen LogP contribution in [-0.2, 0) is 13.1 Å². The number of hydrogen-bond acceptors (Lipinski definition) is 5. The second-order valence-electron chi connectivity index (χ2n) is 3.17. The average molecular weight is 240 g/mol. The Kier molecular flexibility index (Phi) is 3.33. The number of phenolic OH excluding ortho intramolecular Hbond substituents is 1. The van der Waals surface area contributed by atoms with Crippen molar-refractivity contribution in [1.82, 2.24) is 25.9 Å². The fraction of sp³-hybridized carbons (Fsp3) is 0.222. The number of aromatic amines is 1. The minimum atomic E-state index is 0.174. The molecule has 7 heteroatoms. The molecule has 84 valence electrons. The first-order valence-electron chi connectivity index (χ1n) is 4.67. The Balaban J connectivity index is 1.95. The Morgan fingerprint density at radius 2 is 2.25 bits per heavy atom. The van der Waals surface area contributed by atoms with Gasteiger partial charge in [0.05, 0.1) is 6.54 Å². The number of nitrogens with one attached hydrogen (secondary N) is 2. The molecular formula is C9H10ClN5O. The highest BCUT2D eigenvalue weighted by Crippen LogP contribution is 2.24. The molecule has 3 N–H and O–H groups in total. The molecule has 16 heavy (non-hydrogen) atoms. The predicted molar refractivity (Wildman–Crippen MR) is 57.8 cm³/mol. The molecule has 1 aromatic carbocycles. The molecule has 0 fully saturated rings. The van der Waals surface area contributed by atoms with E-state index in [0.717, 1.165) is 0 Å². The number of tetrazole rings is 1. The fourth-order valence-corrected chi connectivity index (χ4v) is 1.52. The Morgan fingerprint density at radius 1 is 1.38 bits per heavy atom. The third-order valence-electron chi connectivity index (χ3n) is 2.07. The maximum atomic E-state index is 9.57. The van der Waals surface area contributed by atoms with Crippen molar-refractivity contribution in [2.75, 3.05) is 0 Å². The zero-order valence-corrected chi connectivity index (χ0v) is 9.07. The molecule has 0 saturated carbocycles. The number of H-pyrrole nitrogens is 1. The Bertz CT molecular complexity index is 439. The average Bonchev–Trinajstić information content (AvgIpc) is 2.75. The second-order valence-corrected chi connectivity index (χ2v) is 3.58. The highest BCUT2D eigenvalue weighted by atomic mass is 35.5. The number of rotatable bonds is 4. The van der Waals surface area contributed by atoms with Crippen LogP contribution in [0.1, 0.15) is 11.4 Å². The molecule has 0 aliphatic carbocycles. The first kappa shape index (κ1) is 10.8. The molecule has 6 nitrogen and oxygen atoms in total. The number of aromatic nitrogens is 4. The molecule has 1 heterocycles. The smallest absolute Gasteiger partial charge is 0.188 e. The van der Waals surface area contributed by atoms with Gasteiger partial charge in [0.25, 0.3) is 0 Å². The van der Waals surface area contributed by atoms with Gasteiger partial charge in [-0.15, -0.1) is 10.2 Å². The van der Waals surface area contributed by atoms with Crippen LogP contribution in [0.5, 0.6) is 5.75 Å². The van der Waals surface area contributed by atoms with Gasteiger partial charge in [-0.2, -0.15) is 5.21 Å². The molecule has 2 rings (SSSR count). The summed E-state index contributed by atoms with van der Waals surface area (Å²) in [6, 6.07) is 5.02. The van der Waals surface area contributed by atoms with Crippen LogP contribution in [-0.4, -0.2) is 25.7 Å². The summed E-state index contributed by atoms with van der Waals surface area (Å²) in [5, 5.41) is 26.5. The SMILES string of the molecule is Oc1cccc(Cl)c1CNCc1nn[nH]n1. The van der Waals surface area contributed by atoms with E-state index in [-0.39, 0.29) is 5.75 Å². The normalized spacial score (nSPS) is 10.6. The first-order chi connectivity index (χ1) is 7.77. The largest absolute Gasteiger partial charge is 0.508 e. The summed E-state index contributed by atoms with van der Waals surface area (Å²) >= 11 is 5.94. The van der Waals surface area contributed by atoms with E-state index in [1.54, 1.807) is 18.2 Å². The van der Waals surface area contributed by atoms with E-state index in [1.807, 2.05) is 0 Å². The van der Waals surface area contributed by atoms with Crippen LogP contribution in [0.25, 0.3) is 0 Å². The first-order valence-corrected chi connectivity index (χ1v) is 5.04. The van der Waals surface area contributed by atoms with Gasteiger partial charge >= 0.3 is 0 Å². The highest BCUT2D eigenvalue weighted by molar-refractivity contribution is 6.31. The molecule has 0 saturated heterocycles. The summed E-state index contributed by atoms with van der Waals surface area (Å²) in [5.74, 6) is 0.736. The lowest BCUT2D eigenvalue weighted by atomic mass is 10.2. The van der Waals surface area contributed by atoms with Crippen LogP contribution >= 0.6 is 11.6 Å². The molecule has 2 aromatic rings. The Labute approximate surface area is 96.6 Å². The van der Waals surface area contributed by atoms with Crippen LogP contribution in [0.4, 0.5) is 0 Å². The number of aromatic hydroxyl groups is 1. The van der Waals surface area contributed by atoms with Gasteiger partial charge in [-0.25, -0.2) is 0 Å². The van der Waals surface area contributed by atoms with Gasteiger partial charge in [0, 0.05) is 17.1 Å². The lowest BCUT2D eigenvalue weighted by Crippen LogP contribution is -2.14. The van der Waals surface area contributed by atoms with E-state index in [4.69, 9.17) is 11.6 Å². The lowest BCUT2D eigenvalue weighted by molar-refractivity contribution is 0.464. The summed E-state index contributed by atoms with van der Waals surface area (Å²) in [6.45, 7) is 0.904. The molecule has 0 spiro atoms. The molecule has 0 aliphatic rings. The maximum Gasteiger partial charge on any atom is 0.188 e. The van der Waals surface area contributed by atoms with E-state index in [0.29, 0.717) is 29.5 Å². The summed E-state index contributed by atoms with van der Waals surface area (Å²) in [6.07, 6.45) is 0. The maximum absolute atomic E-state index is 9.57. The number of nitrogens with zero attached hydrogens (tertiary/aromatic N) is 3. The number of phenols is 1. The van der Waals surface area contributed by atoms with Crippen molar-refractivity contribution in [3.05, 3.63) is 34.6 Å². The molecule has 1 aromatic heterocycles. The van der Waals surface area contributed by atoms with Gasteiger partial charge in [-0.05, 0) is 12.1 Å². The molecule has 0 amide bonds. The number of hydrogen-bond donors (Lipinski definition) is 3. The topological polar surface area (TPSA) is 86.7 Å². The van der Waals surface area contributed by atoms with Gasteiger partial charge in [0.1, 0.15) is 5.75 Å². The summed E-state index contributed by atoms with van der Waals surface area (Å²) in [5.41, 5.74) is 0.660. The van der Waals surface area contributed by atoms with E-state index >= 15 is 0 Å². The van der Waals surface area contributed by atoms with E-state index in [1.165, 1.54) is 0 Å². The number of benzene rings is 1. The molecule has 0 atom stereocenters. The highest BCUT2D eigenvalue weighted by Gasteiger charge is 2.05. The van der Waals surface area contributed by atoms with Crippen molar-refractivity contribution < 1.29 is 5.11 Å². The van der Waals surface area contributed by atoms with E-state index in [9.17, 15) is 5.11 Å². The van der Waals surface area contributed by atoms with Crippen molar-refractivity contribution in [3.63, 3.8) is 0 Å². The predicted octanol–water partition coefficient (Wildman–Crippen LogP) is 0.848. The van der Waals surface area contributed by atoms with Crippen molar-refractivity contribution in [2.45, 2.75) is 13.1 Å². The van der Waals surface area contributed by atoms with Crippen LogP contribution in [0.3, 0.4) is 0 Å². The lowest BCUT2D eigenvalue weighted by Gasteiger charge is -2.06. The minimum absolute atomic E-state index is 0.174. The molecule has 0 unspecified atom stereocenters. The quantitative estimate of drug-likeness (QED) is 0.736. The third-order valence-corrected chi connectivity index (χ3v) is 2.42. The van der Waals surface area contributed by atoms with Crippen molar-refractivity contribution in [3.8, 4) is 5.75 Å². The minimum Gasteiger partial charge on any atom is -0.508 e. The molecular weight excluding hydrogens is 230 g/mol. The van der Waals surface area contributed by atoms with Gasteiger partial charge in [0.2, 0.25) is 0 Å². The van der Waals surface area contributed by atoms with Crippen molar-refractivity contribution in [2.24, 2.45) is 0 Å². The third kappa shape index (κ3) is 2.47. The summed E-state index contributed by atoms with van der Waals surface area (Å²) in [4.78, 5) is 0. The fourth-order valence-electron chi connectivity index (χ4n) is 1.28. The molecule has 0 bridgehead atoms. The summed E-state index contributed by atoms with van der Waals surface area (Å²) in [7, 11) is 0. The van der Waals surface area contributed by atoms with Gasteiger partial charge in [0.15, 0.2) is 5.82 Å². The zero-order chi connectivity index (χ0) is 11.4.